The van der Waals surface area contributed by atoms with Gasteiger partial charge in [-0.1, -0.05) is 0 Å². The molecule has 0 saturated carbocycles. The van der Waals surface area contributed by atoms with Crippen LogP contribution in [0.2, 0.25) is 0 Å². The summed E-state index contributed by atoms with van der Waals surface area (Å²) in [6.45, 7) is 5.56. The molecule has 0 N–H and O–H groups in total. The minimum atomic E-state index is -2.67. The van der Waals surface area contributed by atoms with Crippen molar-refractivity contribution in [3.63, 3.8) is 0 Å². The summed E-state index contributed by atoms with van der Waals surface area (Å²) in [7, 11) is -2.67. The van der Waals surface area contributed by atoms with Crippen LogP contribution >= 0.6 is 0 Å². The maximum atomic E-state index is 9.79. The summed E-state index contributed by atoms with van der Waals surface area (Å²) in [5, 5.41) is 0. The number of rotatable bonds is 1. The lowest BCUT2D eigenvalue weighted by Crippen LogP contribution is -2.01. The maximum Gasteiger partial charge on any atom is 0.195 e. The second-order valence-corrected chi connectivity index (χ2v) is 5.45. The topological polar surface area (TPSA) is 85.3 Å². The van der Waals surface area contributed by atoms with Gasteiger partial charge in [0.1, 0.15) is 15.6 Å². The molecule has 0 aromatic rings. The number of sulfone groups is 1. The van der Waals surface area contributed by atoms with Gasteiger partial charge in [0.25, 0.3) is 0 Å². The van der Waals surface area contributed by atoms with Gasteiger partial charge in [0.2, 0.25) is 0 Å². The van der Waals surface area contributed by atoms with Crippen molar-refractivity contribution in [2.45, 2.75) is 27.7 Å². The van der Waals surface area contributed by atoms with Crippen LogP contribution in [-0.2, 0) is 24.2 Å². The highest BCUT2D eigenvalue weighted by molar-refractivity contribution is 7.89. The number of hydrogen-bond acceptors (Lipinski definition) is 5. The van der Waals surface area contributed by atoms with Crippen molar-refractivity contribution in [2.75, 3.05) is 12.5 Å². The van der Waals surface area contributed by atoms with Crippen molar-refractivity contribution < 1.29 is 22.8 Å². The first-order valence-electron chi connectivity index (χ1n) is 4.01. The first-order valence-corrected chi connectivity index (χ1v) is 6.31. The van der Waals surface area contributed by atoms with Crippen molar-refractivity contribution in [2.24, 2.45) is 0 Å². The highest BCUT2D eigenvalue weighted by Crippen LogP contribution is 1.66. The third-order valence-electron chi connectivity index (χ3n) is 0.496. The first kappa shape index (κ1) is 19.5. The number of hydrogen-bond donors (Lipinski definition) is 0. The molecule has 0 amide bonds. The Kier molecular flexibility index (Phi) is 12.4. The maximum absolute atomic E-state index is 9.79. The molecule has 0 aliphatic carbocycles. The molecule has 5 nitrogen and oxygen atoms in total. The summed E-state index contributed by atoms with van der Waals surface area (Å²) in [5.41, 5.74) is 0. The summed E-state index contributed by atoms with van der Waals surface area (Å²) in [5.74, 6) is -0.593. The lowest BCUT2D eigenvalue weighted by atomic mass is 10.3. The van der Waals surface area contributed by atoms with Crippen molar-refractivity contribution in [1.82, 2.24) is 0 Å². The molecule has 0 radical (unpaired) electrons. The summed E-state index contributed by atoms with van der Waals surface area (Å²) in [6.07, 6.45) is 2.32. The largest absolute Gasteiger partial charge is 0.300 e. The van der Waals surface area contributed by atoms with E-state index in [2.05, 4.69) is 0 Å². The molecule has 0 unspecified atom stereocenters. The van der Waals surface area contributed by atoms with Crippen LogP contribution in [0.1, 0.15) is 27.7 Å². The molecular weight excluding hydrogens is 220 g/mol. The Bertz CT molecular complexity index is 289. The zero-order valence-corrected chi connectivity index (χ0v) is 10.8. The first-order chi connectivity index (χ1) is 6.37. The van der Waals surface area contributed by atoms with Gasteiger partial charge >= 0.3 is 0 Å². The number of carbonyl (C=O) groups is 3. The Balaban J connectivity index is -0.000000147. The smallest absolute Gasteiger partial charge is 0.195 e. The molecule has 0 aliphatic rings. The Morgan fingerprint density at radius 1 is 0.733 bits per heavy atom. The van der Waals surface area contributed by atoms with E-state index in [0.717, 1.165) is 12.5 Å². The molecule has 0 rings (SSSR count). The normalized spacial score (nSPS) is 8.67. The molecule has 6 heteroatoms. The number of ketones is 3. The van der Waals surface area contributed by atoms with Crippen LogP contribution in [0.4, 0.5) is 0 Å². The van der Waals surface area contributed by atoms with Crippen molar-refractivity contribution >= 4 is 27.2 Å². The molecule has 90 valence electrons. The average molecular weight is 238 g/mol. The lowest BCUT2D eigenvalue weighted by Gasteiger charge is -1.73. The van der Waals surface area contributed by atoms with Gasteiger partial charge in [-0.3, -0.25) is 9.59 Å². The summed E-state index contributed by atoms with van der Waals surface area (Å²) in [6, 6.07) is 0. The van der Waals surface area contributed by atoms with E-state index in [1.807, 2.05) is 0 Å². The fourth-order valence-electron chi connectivity index (χ4n) is 0. The highest BCUT2D eigenvalue weighted by atomic mass is 32.2. The lowest BCUT2D eigenvalue weighted by molar-refractivity contribution is -0.134. The molecular formula is C9H18O5S. The summed E-state index contributed by atoms with van der Waals surface area (Å²) in [4.78, 5) is 29.0. The summed E-state index contributed by atoms with van der Waals surface area (Å²) < 4.78 is 19.3. The van der Waals surface area contributed by atoms with Crippen molar-refractivity contribution in [3.05, 3.63) is 0 Å². The Hall–Kier alpha value is -1.04. The number of carbonyl (C=O) groups excluding carboxylic acids is 3. The van der Waals surface area contributed by atoms with Crippen molar-refractivity contribution in [3.8, 4) is 0 Å². The molecule has 15 heavy (non-hydrogen) atoms. The molecule has 0 aromatic carbocycles. The monoisotopic (exact) mass is 238 g/mol. The third kappa shape index (κ3) is 178. The van der Waals surface area contributed by atoms with Gasteiger partial charge in [0, 0.05) is 26.4 Å². The fourth-order valence-corrected chi connectivity index (χ4v) is 0. The van der Waals surface area contributed by atoms with Crippen LogP contribution in [0.3, 0.4) is 0 Å². The van der Waals surface area contributed by atoms with Gasteiger partial charge in [-0.25, -0.2) is 8.42 Å². The van der Waals surface area contributed by atoms with Gasteiger partial charge in [-0.15, -0.1) is 0 Å². The van der Waals surface area contributed by atoms with E-state index in [9.17, 15) is 22.8 Å². The van der Waals surface area contributed by atoms with E-state index in [1.165, 1.54) is 27.7 Å². The zero-order chi connectivity index (χ0) is 13.2. The highest BCUT2D eigenvalue weighted by Gasteiger charge is 1.94. The van der Waals surface area contributed by atoms with Crippen LogP contribution in [0.25, 0.3) is 0 Å². The van der Waals surface area contributed by atoms with Crippen LogP contribution in [-0.4, -0.2) is 38.3 Å². The molecule has 0 fully saturated rings. The van der Waals surface area contributed by atoms with Gasteiger partial charge < -0.3 is 4.79 Å². The van der Waals surface area contributed by atoms with Crippen molar-refractivity contribution in [1.29, 1.82) is 0 Å². The molecule has 0 heterocycles. The van der Waals surface area contributed by atoms with E-state index >= 15 is 0 Å². The van der Waals surface area contributed by atoms with Gasteiger partial charge in [-0.05, 0) is 13.8 Å². The Morgan fingerprint density at radius 3 is 0.800 bits per heavy atom. The average Bonchev–Trinajstić information content (AvgIpc) is 1.80. The van der Waals surface area contributed by atoms with Crippen LogP contribution in [0.15, 0.2) is 0 Å². The van der Waals surface area contributed by atoms with Crippen LogP contribution in [0, 0.1) is 0 Å². The molecule has 0 bridgehead atoms. The van der Waals surface area contributed by atoms with E-state index < -0.39 is 9.84 Å². The van der Waals surface area contributed by atoms with E-state index in [1.54, 1.807) is 0 Å². The molecule has 0 spiro atoms. The third-order valence-corrected chi connectivity index (χ3v) is 0.496. The minimum absolute atomic E-state index is 0.167. The second kappa shape index (κ2) is 9.51. The second-order valence-electron chi connectivity index (χ2n) is 3.16. The molecule has 0 aromatic heterocycles. The predicted molar refractivity (Wildman–Crippen MR) is 58.5 cm³/mol. The Morgan fingerprint density at radius 2 is 0.800 bits per heavy atom. The molecule has 0 atom stereocenters. The van der Waals surface area contributed by atoms with Crippen LogP contribution < -0.4 is 0 Å². The van der Waals surface area contributed by atoms with Gasteiger partial charge in [0.15, 0.2) is 11.6 Å². The SMILES string of the molecule is CC(=O)C(C)=O.CC(C)=O.CS(C)(=O)=O. The molecule has 0 aliphatic heterocycles. The Labute approximate surface area is 90.8 Å². The van der Waals surface area contributed by atoms with E-state index in [4.69, 9.17) is 0 Å². The standard InChI is InChI=1S/C4H6O2.C3H6O.C2H6O2S/c1-3(5)4(2)6;1-3(2)4;1-5(2,3)4/h1-2H3;1-2H3;1-2H3. The van der Waals surface area contributed by atoms with E-state index in [0.29, 0.717) is 0 Å². The van der Waals surface area contributed by atoms with Gasteiger partial charge in [-0.2, -0.15) is 0 Å². The number of Topliss-reactive ketones (excluding diaryl/α,β-unsaturated/α-hetero) is 3. The zero-order valence-electron chi connectivity index (χ0n) is 9.95. The minimum Gasteiger partial charge on any atom is -0.300 e. The van der Waals surface area contributed by atoms with E-state index in [-0.39, 0.29) is 17.3 Å². The van der Waals surface area contributed by atoms with Gasteiger partial charge in [0.05, 0.1) is 0 Å². The van der Waals surface area contributed by atoms with Crippen LogP contribution in [0.5, 0.6) is 0 Å². The quantitative estimate of drug-likeness (QED) is 0.618. The predicted octanol–water partition coefficient (Wildman–Crippen LogP) is 0.421. The fraction of sp³-hybridized carbons (Fsp3) is 0.667. The molecule has 0 saturated heterocycles. The summed E-state index contributed by atoms with van der Waals surface area (Å²) >= 11 is 0.